The highest BCUT2D eigenvalue weighted by Gasteiger charge is 2.19. The maximum Gasteiger partial charge on any atom is -0.0126 e. The lowest BCUT2D eigenvalue weighted by molar-refractivity contribution is 0.499. The van der Waals surface area contributed by atoms with E-state index in [0.29, 0.717) is 0 Å². The van der Waals surface area contributed by atoms with Crippen LogP contribution >= 0.6 is 0 Å². The zero-order valence-corrected chi connectivity index (χ0v) is 12.6. The van der Waals surface area contributed by atoms with Crippen molar-refractivity contribution in [2.24, 2.45) is 10.8 Å². The van der Waals surface area contributed by atoms with Crippen LogP contribution in [0.15, 0.2) is 48.1 Å². The van der Waals surface area contributed by atoms with E-state index >= 15 is 0 Å². The molecular formula is C17H28. The fourth-order valence-corrected chi connectivity index (χ4v) is 1.51. The fourth-order valence-electron chi connectivity index (χ4n) is 1.51. The van der Waals surface area contributed by atoms with Crippen LogP contribution in [0.1, 0.15) is 48.5 Å². The van der Waals surface area contributed by atoms with Crippen molar-refractivity contribution in [2.45, 2.75) is 48.5 Å². The van der Waals surface area contributed by atoms with Crippen LogP contribution in [0.2, 0.25) is 0 Å². The summed E-state index contributed by atoms with van der Waals surface area (Å²) in [5.74, 6) is 0. The zero-order chi connectivity index (χ0) is 13.9. The van der Waals surface area contributed by atoms with E-state index in [9.17, 15) is 0 Å². The van der Waals surface area contributed by atoms with E-state index in [1.807, 2.05) is 6.08 Å². The number of hydrogen-bond acceptors (Lipinski definition) is 0. The highest BCUT2D eigenvalue weighted by Crippen LogP contribution is 2.33. The van der Waals surface area contributed by atoms with Crippen molar-refractivity contribution in [3.05, 3.63) is 48.1 Å². The maximum atomic E-state index is 4.20. The molecule has 0 bridgehead atoms. The van der Waals surface area contributed by atoms with Gasteiger partial charge in [0.2, 0.25) is 0 Å². The molecule has 0 fully saturated rings. The van der Waals surface area contributed by atoms with Gasteiger partial charge in [-0.05, 0) is 28.9 Å². The van der Waals surface area contributed by atoms with Gasteiger partial charge in [-0.2, -0.15) is 0 Å². The van der Waals surface area contributed by atoms with Gasteiger partial charge in [0.1, 0.15) is 0 Å². The summed E-state index contributed by atoms with van der Waals surface area (Å²) < 4.78 is 0. The Bertz CT molecular complexity index is 348. The van der Waals surface area contributed by atoms with Gasteiger partial charge >= 0.3 is 0 Å². The summed E-state index contributed by atoms with van der Waals surface area (Å²) >= 11 is 0. The summed E-state index contributed by atoms with van der Waals surface area (Å²) in [7, 11) is 0. The van der Waals surface area contributed by atoms with Crippen LogP contribution < -0.4 is 0 Å². The highest BCUT2D eigenvalue weighted by atomic mass is 14.2. The standard InChI is InChI=1S/C17H28/c1-10-11-15(17(7,8)9)13(2)12-14(3)16(4,5)6/h10-12H,1-2H2,3-9H3/b14-12+,15-11+. The molecule has 0 rings (SSSR count). The largest absolute Gasteiger partial charge is 0.0991 e. The van der Waals surface area contributed by atoms with Crippen LogP contribution in [0.25, 0.3) is 0 Å². The van der Waals surface area contributed by atoms with Gasteiger partial charge in [0.15, 0.2) is 0 Å². The molecule has 0 aliphatic heterocycles. The first-order chi connectivity index (χ1) is 7.50. The Kier molecular flexibility index (Phi) is 5.19. The quantitative estimate of drug-likeness (QED) is 0.548. The molecule has 0 saturated heterocycles. The Morgan fingerprint density at radius 2 is 1.41 bits per heavy atom. The molecule has 0 amide bonds. The Morgan fingerprint density at radius 3 is 1.71 bits per heavy atom. The van der Waals surface area contributed by atoms with E-state index in [2.05, 4.69) is 73.8 Å². The molecule has 0 radical (unpaired) electrons. The monoisotopic (exact) mass is 232 g/mol. The van der Waals surface area contributed by atoms with Crippen LogP contribution in [0, 0.1) is 10.8 Å². The molecule has 0 N–H and O–H groups in total. The van der Waals surface area contributed by atoms with Gasteiger partial charge in [-0.1, -0.05) is 78.5 Å². The van der Waals surface area contributed by atoms with Crippen molar-refractivity contribution in [3.63, 3.8) is 0 Å². The average Bonchev–Trinajstić information content (AvgIpc) is 2.10. The second-order valence-corrected chi connectivity index (χ2v) is 6.67. The summed E-state index contributed by atoms with van der Waals surface area (Å²) in [4.78, 5) is 0. The van der Waals surface area contributed by atoms with Crippen molar-refractivity contribution < 1.29 is 0 Å². The third-order valence-electron chi connectivity index (χ3n) is 3.01. The summed E-state index contributed by atoms with van der Waals surface area (Å²) in [6.07, 6.45) is 6.10. The van der Waals surface area contributed by atoms with Crippen LogP contribution in [0.4, 0.5) is 0 Å². The number of hydrogen-bond donors (Lipinski definition) is 0. The lowest BCUT2D eigenvalue weighted by atomic mass is 9.79. The van der Waals surface area contributed by atoms with E-state index in [0.717, 1.165) is 5.57 Å². The van der Waals surface area contributed by atoms with Gasteiger partial charge in [0.25, 0.3) is 0 Å². The first-order valence-electron chi connectivity index (χ1n) is 6.21. The summed E-state index contributed by atoms with van der Waals surface area (Å²) in [5, 5.41) is 0. The van der Waals surface area contributed by atoms with Crippen molar-refractivity contribution in [1.82, 2.24) is 0 Å². The van der Waals surface area contributed by atoms with Gasteiger partial charge in [-0.15, -0.1) is 0 Å². The third-order valence-corrected chi connectivity index (χ3v) is 3.01. The smallest absolute Gasteiger partial charge is 0.0126 e. The first-order valence-corrected chi connectivity index (χ1v) is 6.21. The first kappa shape index (κ1) is 16.0. The lowest BCUT2D eigenvalue weighted by Crippen LogP contribution is -2.12. The van der Waals surface area contributed by atoms with E-state index in [1.165, 1.54) is 11.1 Å². The van der Waals surface area contributed by atoms with Crippen molar-refractivity contribution in [3.8, 4) is 0 Å². The SMILES string of the molecule is C=C/C=C(\C(=C)/C=C(\C)C(C)(C)C)C(C)(C)C. The van der Waals surface area contributed by atoms with E-state index in [4.69, 9.17) is 0 Å². The summed E-state index contributed by atoms with van der Waals surface area (Å²) in [5.41, 5.74) is 3.97. The molecule has 17 heavy (non-hydrogen) atoms. The maximum absolute atomic E-state index is 4.20. The van der Waals surface area contributed by atoms with E-state index < -0.39 is 0 Å². The minimum atomic E-state index is 0.0972. The van der Waals surface area contributed by atoms with Gasteiger partial charge in [0.05, 0.1) is 0 Å². The molecule has 0 aliphatic carbocycles. The number of rotatable bonds is 3. The van der Waals surface area contributed by atoms with Crippen molar-refractivity contribution >= 4 is 0 Å². The molecule has 0 spiro atoms. The molecule has 0 heteroatoms. The second-order valence-electron chi connectivity index (χ2n) is 6.67. The minimum Gasteiger partial charge on any atom is -0.0991 e. The van der Waals surface area contributed by atoms with Crippen LogP contribution in [-0.2, 0) is 0 Å². The van der Waals surface area contributed by atoms with E-state index in [-0.39, 0.29) is 10.8 Å². The Labute approximate surface area is 108 Å². The predicted molar refractivity (Wildman–Crippen MR) is 80.1 cm³/mol. The molecule has 0 aliphatic rings. The normalized spacial score (nSPS) is 14.8. The van der Waals surface area contributed by atoms with Crippen LogP contribution in [-0.4, -0.2) is 0 Å². The molecule has 0 atom stereocenters. The molecule has 0 saturated carbocycles. The molecule has 96 valence electrons. The van der Waals surface area contributed by atoms with Gasteiger partial charge in [0, 0.05) is 0 Å². The topological polar surface area (TPSA) is 0 Å². The summed E-state index contributed by atoms with van der Waals surface area (Å²) in [6, 6.07) is 0. The molecule has 0 aromatic carbocycles. The third kappa shape index (κ3) is 5.21. The zero-order valence-electron chi connectivity index (χ0n) is 12.6. The molecule has 0 heterocycles. The van der Waals surface area contributed by atoms with Gasteiger partial charge in [-0.3, -0.25) is 0 Å². The van der Waals surface area contributed by atoms with Crippen LogP contribution in [0.5, 0.6) is 0 Å². The van der Waals surface area contributed by atoms with Crippen molar-refractivity contribution in [1.29, 1.82) is 0 Å². The molecular weight excluding hydrogens is 204 g/mol. The minimum absolute atomic E-state index is 0.0972. The van der Waals surface area contributed by atoms with Crippen LogP contribution in [0.3, 0.4) is 0 Å². The molecule has 0 aromatic heterocycles. The second kappa shape index (κ2) is 5.53. The van der Waals surface area contributed by atoms with E-state index in [1.54, 1.807) is 0 Å². The molecule has 0 aromatic rings. The Morgan fingerprint density at radius 1 is 0.941 bits per heavy atom. The summed E-state index contributed by atoms with van der Waals surface area (Å²) in [6.45, 7) is 23.4. The van der Waals surface area contributed by atoms with Crippen molar-refractivity contribution in [2.75, 3.05) is 0 Å². The lowest BCUT2D eigenvalue weighted by Gasteiger charge is -2.26. The Hall–Kier alpha value is -1.04. The van der Waals surface area contributed by atoms with Gasteiger partial charge in [-0.25, -0.2) is 0 Å². The molecule has 0 nitrogen and oxygen atoms in total. The van der Waals surface area contributed by atoms with Gasteiger partial charge < -0.3 is 0 Å². The average molecular weight is 232 g/mol. The highest BCUT2D eigenvalue weighted by molar-refractivity contribution is 5.44. The number of allylic oxidation sites excluding steroid dienone is 6. The Balaban J connectivity index is 5.30. The fraction of sp³-hybridized carbons (Fsp3) is 0.529. The predicted octanol–water partition coefficient (Wildman–Crippen LogP) is 5.69. The molecule has 0 unspecified atom stereocenters.